The highest BCUT2D eigenvalue weighted by molar-refractivity contribution is 6.40. The zero-order chi connectivity index (χ0) is 19.0. The van der Waals surface area contributed by atoms with Crippen molar-refractivity contribution in [1.82, 2.24) is 4.57 Å². The molecule has 6 heteroatoms. The van der Waals surface area contributed by atoms with E-state index in [1.807, 2.05) is 24.3 Å². The van der Waals surface area contributed by atoms with Gasteiger partial charge in [0.2, 0.25) is 5.91 Å². The van der Waals surface area contributed by atoms with Crippen molar-refractivity contribution in [2.75, 3.05) is 5.32 Å². The first-order valence-electron chi connectivity index (χ1n) is 8.95. The van der Waals surface area contributed by atoms with Crippen LogP contribution in [-0.4, -0.2) is 16.4 Å². The topological polar surface area (TPSA) is 51.1 Å². The smallest absolute Gasteiger partial charge is 0.265 e. The molecule has 27 heavy (non-hydrogen) atoms. The number of fused-ring (bicyclic) bond motifs is 1. The number of hydrogen-bond acceptors (Lipinski definition) is 2. The summed E-state index contributed by atoms with van der Waals surface area (Å²) < 4.78 is 1.52. The van der Waals surface area contributed by atoms with Crippen molar-refractivity contribution in [2.24, 2.45) is 5.92 Å². The van der Waals surface area contributed by atoms with Gasteiger partial charge in [0.25, 0.3) is 5.91 Å². The van der Waals surface area contributed by atoms with Crippen LogP contribution in [0.25, 0.3) is 10.9 Å². The largest absolute Gasteiger partial charge is 0.326 e. The second-order valence-corrected chi connectivity index (χ2v) is 7.65. The van der Waals surface area contributed by atoms with Gasteiger partial charge in [-0.15, -0.1) is 0 Å². The van der Waals surface area contributed by atoms with Crippen molar-refractivity contribution < 1.29 is 9.59 Å². The van der Waals surface area contributed by atoms with Gasteiger partial charge in [-0.05, 0) is 49.2 Å². The Bertz CT molecular complexity index is 1020. The van der Waals surface area contributed by atoms with E-state index in [-0.39, 0.29) is 23.3 Å². The van der Waals surface area contributed by atoms with Crippen molar-refractivity contribution >= 4 is 51.6 Å². The summed E-state index contributed by atoms with van der Waals surface area (Å²) in [6.45, 7) is 0. The van der Waals surface area contributed by atoms with Gasteiger partial charge in [-0.3, -0.25) is 14.2 Å². The Morgan fingerprint density at radius 2 is 1.70 bits per heavy atom. The van der Waals surface area contributed by atoms with E-state index in [0.717, 1.165) is 42.3 Å². The lowest BCUT2D eigenvalue weighted by atomic mass is 10.1. The molecule has 1 saturated carbocycles. The van der Waals surface area contributed by atoms with E-state index in [4.69, 9.17) is 23.2 Å². The number of aromatic nitrogens is 1. The molecule has 0 aliphatic heterocycles. The molecule has 1 heterocycles. The van der Waals surface area contributed by atoms with Gasteiger partial charge < -0.3 is 5.32 Å². The fourth-order valence-electron chi connectivity index (χ4n) is 3.65. The average Bonchev–Trinajstić information content (AvgIpc) is 3.31. The van der Waals surface area contributed by atoms with E-state index < -0.39 is 0 Å². The third kappa shape index (κ3) is 3.47. The van der Waals surface area contributed by atoms with Crippen LogP contribution in [0.2, 0.25) is 10.0 Å². The zero-order valence-corrected chi connectivity index (χ0v) is 16.1. The average molecular weight is 401 g/mol. The minimum Gasteiger partial charge on any atom is -0.326 e. The maximum atomic E-state index is 12.9. The molecule has 0 bridgehead atoms. The Balaban J connectivity index is 1.63. The van der Waals surface area contributed by atoms with Crippen LogP contribution in [0.1, 0.15) is 36.0 Å². The third-order valence-electron chi connectivity index (χ3n) is 5.08. The molecule has 0 spiro atoms. The molecule has 1 aromatic heterocycles. The van der Waals surface area contributed by atoms with Gasteiger partial charge in [-0.1, -0.05) is 42.1 Å². The van der Waals surface area contributed by atoms with Gasteiger partial charge in [-0.25, -0.2) is 0 Å². The molecule has 138 valence electrons. The van der Waals surface area contributed by atoms with Crippen molar-refractivity contribution in [3.63, 3.8) is 0 Å². The second-order valence-electron chi connectivity index (χ2n) is 6.83. The first-order chi connectivity index (χ1) is 13.0. The summed E-state index contributed by atoms with van der Waals surface area (Å²) in [6, 6.07) is 12.3. The van der Waals surface area contributed by atoms with Gasteiger partial charge >= 0.3 is 0 Å². The zero-order valence-electron chi connectivity index (χ0n) is 14.5. The van der Waals surface area contributed by atoms with Crippen LogP contribution in [-0.2, 0) is 4.79 Å². The van der Waals surface area contributed by atoms with E-state index in [1.54, 1.807) is 24.4 Å². The standard InChI is InChI=1S/C21H18Cl2N2O2/c22-16-6-3-7-17(23)19(16)21(27)25-11-10-14-12-15(8-9-18(14)25)24-20(26)13-4-1-2-5-13/h3,6-13H,1-2,4-5H2,(H,24,26). The van der Waals surface area contributed by atoms with Crippen LogP contribution in [0, 0.1) is 5.92 Å². The SMILES string of the molecule is O=C(Nc1ccc2c(ccn2C(=O)c2c(Cl)cccc2Cl)c1)C1CCCC1. The number of hydrogen-bond donors (Lipinski definition) is 1. The van der Waals surface area contributed by atoms with Crippen LogP contribution < -0.4 is 5.32 Å². The van der Waals surface area contributed by atoms with Crippen molar-refractivity contribution in [3.05, 3.63) is 64.3 Å². The van der Waals surface area contributed by atoms with E-state index in [0.29, 0.717) is 10.0 Å². The minimum atomic E-state index is -0.289. The Labute approximate surface area is 167 Å². The predicted molar refractivity (Wildman–Crippen MR) is 109 cm³/mol. The summed E-state index contributed by atoms with van der Waals surface area (Å²) in [4.78, 5) is 25.2. The number of halogens is 2. The van der Waals surface area contributed by atoms with E-state index in [9.17, 15) is 9.59 Å². The lowest BCUT2D eigenvalue weighted by molar-refractivity contribution is -0.119. The first kappa shape index (κ1) is 18.1. The number of nitrogens with zero attached hydrogens (tertiary/aromatic N) is 1. The monoisotopic (exact) mass is 400 g/mol. The normalized spacial score (nSPS) is 14.6. The first-order valence-corrected chi connectivity index (χ1v) is 9.71. The summed E-state index contributed by atoms with van der Waals surface area (Å²) >= 11 is 12.3. The molecule has 3 aromatic rings. The molecular weight excluding hydrogens is 383 g/mol. The van der Waals surface area contributed by atoms with E-state index >= 15 is 0 Å². The highest BCUT2D eigenvalue weighted by atomic mass is 35.5. The number of carbonyl (C=O) groups excluding carboxylic acids is 2. The van der Waals surface area contributed by atoms with Crippen LogP contribution in [0.3, 0.4) is 0 Å². The van der Waals surface area contributed by atoms with E-state index in [1.165, 1.54) is 4.57 Å². The van der Waals surface area contributed by atoms with Crippen LogP contribution in [0.15, 0.2) is 48.7 Å². The molecule has 0 saturated heterocycles. The molecule has 1 N–H and O–H groups in total. The summed E-state index contributed by atoms with van der Waals surface area (Å²) in [5.74, 6) is -0.109. The minimum absolute atomic E-state index is 0.0743. The lowest BCUT2D eigenvalue weighted by Crippen LogP contribution is -2.20. The number of nitrogens with one attached hydrogen (secondary N) is 1. The van der Waals surface area contributed by atoms with Gasteiger partial charge in [0, 0.05) is 23.2 Å². The van der Waals surface area contributed by atoms with Gasteiger partial charge in [0.05, 0.1) is 21.1 Å². The molecule has 0 unspecified atom stereocenters. The quantitative estimate of drug-likeness (QED) is 0.606. The highest BCUT2D eigenvalue weighted by Gasteiger charge is 2.23. The number of rotatable bonds is 3. The van der Waals surface area contributed by atoms with Gasteiger partial charge in [0.1, 0.15) is 0 Å². The summed E-state index contributed by atoms with van der Waals surface area (Å²) in [5, 5.41) is 4.48. The van der Waals surface area contributed by atoms with Crippen LogP contribution >= 0.6 is 23.2 Å². The van der Waals surface area contributed by atoms with Gasteiger partial charge in [0.15, 0.2) is 0 Å². The molecule has 1 fully saturated rings. The Morgan fingerprint density at radius 3 is 2.41 bits per heavy atom. The fourth-order valence-corrected chi connectivity index (χ4v) is 4.21. The Morgan fingerprint density at radius 1 is 1.00 bits per heavy atom. The Kier molecular flexibility index (Phi) is 4.94. The lowest BCUT2D eigenvalue weighted by Gasteiger charge is -2.11. The third-order valence-corrected chi connectivity index (χ3v) is 5.71. The molecule has 1 amide bonds. The molecule has 1 aliphatic carbocycles. The molecule has 2 aromatic carbocycles. The summed E-state index contributed by atoms with van der Waals surface area (Å²) in [7, 11) is 0. The maximum absolute atomic E-state index is 12.9. The predicted octanol–water partition coefficient (Wildman–Crippen LogP) is 5.77. The molecule has 4 rings (SSSR count). The number of benzene rings is 2. The highest BCUT2D eigenvalue weighted by Crippen LogP contribution is 2.29. The molecule has 4 nitrogen and oxygen atoms in total. The van der Waals surface area contributed by atoms with Crippen molar-refractivity contribution in [2.45, 2.75) is 25.7 Å². The molecule has 0 radical (unpaired) electrons. The Hall–Kier alpha value is -2.30. The van der Waals surface area contributed by atoms with Crippen molar-refractivity contribution in [1.29, 1.82) is 0 Å². The number of amides is 1. The number of anilines is 1. The molecular formula is C21H18Cl2N2O2. The van der Waals surface area contributed by atoms with Crippen LogP contribution in [0.5, 0.6) is 0 Å². The molecule has 0 atom stereocenters. The van der Waals surface area contributed by atoms with Gasteiger partial charge in [-0.2, -0.15) is 0 Å². The number of carbonyl (C=O) groups is 2. The summed E-state index contributed by atoms with van der Waals surface area (Å²) in [5.41, 5.74) is 1.74. The summed E-state index contributed by atoms with van der Waals surface area (Å²) in [6.07, 6.45) is 5.84. The molecule has 1 aliphatic rings. The van der Waals surface area contributed by atoms with Crippen LogP contribution in [0.4, 0.5) is 5.69 Å². The second kappa shape index (κ2) is 7.37. The van der Waals surface area contributed by atoms with E-state index in [2.05, 4.69) is 5.32 Å². The maximum Gasteiger partial charge on any atom is 0.265 e. The fraction of sp³-hybridized carbons (Fsp3) is 0.238. The van der Waals surface area contributed by atoms with Crippen molar-refractivity contribution in [3.8, 4) is 0 Å².